The first-order valence-electron chi connectivity index (χ1n) is 32.8. The lowest BCUT2D eigenvalue weighted by Gasteiger charge is -2.18. The van der Waals surface area contributed by atoms with E-state index < -0.39 is 6.10 Å². The summed E-state index contributed by atoms with van der Waals surface area (Å²) in [5.74, 6) is -0.877. The van der Waals surface area contributed by atoms with E-state index in [1.807, 2.05) is 0 Å². The average molecular weight is 1050 g/mol. The normalized spacial score (nSPS) is 12.4. The van der Waals surface area contributed by atoms with Gasteiger partial charge in [-0.05, 0) is 89.9 Å². The third kappa shape index (κ3) is 61.8. The van der Waals surface area contributed by atoms with Crippen LogP contribution in [0.4, 0.5) is 0 Å². The number of hydrogen-bond donors (Lipinski definition) is 0. The van der Waals surface area contributed by atoms with Crippen LogP contribution in [0.15, 0.2) is 60.8 Å². The monoisotopic (exact) mass is 1050 g/mol. The summed E-state index contributed by atoms with van der Waals surface area (Å²) in [6.07, 6.45) is 81.4. The molecule has 0 aliphatic carbocycles. The molecule has 0 spiro atoms. The minimum Gasteiger partial charge on any atom is -0.462 e. The van der Waals surface area contributed by atoms with Gasteiger partial charge < -0.3 is 14.2 Å². The maximum Gasteiger partial charge on any atom is 0.306 e. The number of ether oxygens (including phenoxy) is 3. The van der Waals surface area contributed by atoms with Gasteiger partial charge in [-0.25, -0.2) is 0 Å². The van der Waals surface area contributed by atoms with E-state index >= 15 is 0 Å². The second kappa shape index (κ2) is 63.6. The Balaban J connectivity index is 3.98. The Morgan fingerprint density at radius 2 is 0.480 bits per heavy atom. The van der Waals surface area contributed by atoms with Crippen LogP contribution >= 0.6 is 0 Å². The van der Waals surface area contributed by atoms with E-state index in [4.69, 9.17) is 14.2 Å². The molecule has 436 valence electrons. The summed E-state index contributed by atoms with van der Waals surface area (Å²) in [6, 6.07) is 0. The molecule has 0 radical (unpaired) electrons. The molecule has 75 heavy (non-hydrogen) atoms. The number of esters is 3. The van der Waals surface area contributed by atoms with Crippen LogP contribution in [0, 0.1) is 0 Å². The number of unbranched alkanes of at least 4 members (excludes halogenated alkanes) is 39. The molecule has 6 heteroatoms. The maximum atomic E-state index is 12.8. The molecule has 0 saturated heterocycles. The molecule has 6 nitrogen and oxygen atoms in total. The molecule has 0 fully saturated rings. The third-order valence-corrected chi connectivity index (χ3v) is 14.5. The summed E-state index contributed by atoms with van der Waals surface area (Å²) >= 11 is 0. The van der Waals surface area contributed by atoms with Gasteiger partial charge in [-0.3, -0.25) is 14.4 Å². The van der Waals surface area contributed by atoms with Crippen LogP contribution in [-0.2, 0) is 28.6 Å². The molecule has 1 unspecified atom stereocenters. The first kappa shape index (κ1) is 72.1. The van der Waals surface area contributed by atoms with Crippen LogP contribution in [0.25, 0.3) is 0 Å². The molecule has 0 aliphatic rings. The third-order valence-electron chi connectivity index (χ3n) is 14.5. The SMILES string of the molecule is CCCCCCC/C=C\C/C=C\C/C=C\CCCCCCCCCCCCCCCCCCC(=O)OCC(COC(=O)CCCCCCC)OC(=O)CCCCCCCCCCC/C=C\C/C=C\CCCCCCC. The van der Waals surface area contributed by atoms with Crippen molar-refractivity contribution >= 4 is 17.9 Å². The summed E-state index contributed by atoms with van der Waals surface area (Å²) in [5, 5.41) is 0. The van der Waals surface area contributed by atoms with E-state index in [1.165, 1.54) is 218 Å². The molecular weight excluding hydrogens is 925 g/mol. The van der Waals surface area contributed by atoms with E-state index in [0.717, 1.165) is 83.5 Å². The first-order chi connectivity index (χ1) is 37.0. The summed E-state index contributed by atoms with van der Waals surface area (Å²) in [7, 11) is 0. The quantitative estimate of drug-likeness (QED) is 0.0261. The van der Waals surface area contributed by atoms with Crippen molar-refractivity contribution in [2.45, 2.75) is 348 Å². The fourth-order valence-corrected chi connectivity index (χ4v) is 9.54. The van der Waals surface area contributed by atoms with Gasteiger partial charge in [0.2, 0.25) is 0 Å². The first-order valence-corrected chi connectivity index (χ1v) is 32.8. The van der Waals surface area contributed by atoms with E-state index in [-0.39, 0.29) is 31.1 Å². The Morgan fingerprint density at radius 1 is 0.267 bits per heavy atom. The van der Waals surface area contributed by atoms with E-state index in [0.29, 0.717) is 19.3 Å². The second-order valence-corrected chi connectivity index (χ2v) is 22.0. The Morgan fingerprint density at radius 3 is 0.747 bits per heavy atom. The van der Waals surface area contributed by atoms with E-state index in [2.05, 4.69) is 81.5 Å². The van der Waals surface area contributed by atoms with Crippen molar-refractivity contribution in [3.8, 4) is 0 Å². The van der Waals surface area contributed by atoms with Crippen molar-refractivity contribution in [1.29, 1.82) is 0 Å². The van der Waals surface area contributed by atoms with Gasteiger partial charge in [0.1, 0.15) is 13.2 Å². The fraction of sp³-hybridized carbons (Fsp3) is 0.812. The van der Waals surface area contributed by atoms with Crippen molar-refractivity contribution in [3.63, 3.8) is 0 Å². The average Bonchev–Trinajstić information content (AvgIpc) is 3.41. The van der Waals surface area contributed by atoms with Crippen LogP contribution in [0.5, 0.6) is 0 Å². The summed E-state index contributed by atoms with van der Waals surface area (Å²) in [6.45, 7) is 6.57. The summed E-state index contributed by atoms with van der Waals surface area (Å²) in [4.78, 5) is 37.9. The standard InChI is InChI=1S/C69H124O6/c1-4-7-10-13-15-17-19-21-23-25-27-29-30-31-32-33-34-35-36-37-38-40-41-43-45-47-49-51-53-56-59-62-68(71)74-65-66(64-73-67(70)61-58-55-12-9-6-3)75-69(72)63-60-57-54-52-50-48-46-44-42-39-28-26-24-22-20-18-16-14-11-8-5-2/h19-22,25-28,30-31,66H,4-18,23-24,29,32-65H2,1-3H3/b21-19-,22-20-,27-25-,28-26-,31-30-. The van der Waals surface area contributed by atoms with Gasteiger partial charge in [-0.15, -0.1) is 0 Å². The van der Waals surface area contributed by atoms with Crippen LogP contribution in [-0.4, -0.2) is 37.2 Å². The lowest BCUT2D eigenvalue weighted by Crippen LogP contribution is -2.30. The van der Waals surface area contributed by atoms with Gasteiger partial charge in [-0.1, -0.05) is 293 Å². The van der Waals surface area contributed by atoms with Gasteiger partial charge >= 0.3 is 17.9 Å². The minimum atomic E-state index is -0.772. The Labute approximate surface area is 466 Å². The van der Waals surface area contributed by atoms with Crippen molar-refractivity contribution in [2.75, 3.05) is 13.2 Å². The van der Waals surface area contributed by atoms with Gasteiger partial charge in [-0.2, -0.15) is 0 Å². The van der Waals surface area contributed by atoms with Crippen molar-refractivity contribution < 1.29 is 28.6 Å². The number of carbonyl (C=O) groups excluding carboxylic acids is 3. The van der Waals surface area contributed by atoms with Gasteiger partial charge in [0.25, 0.3) is 0 Å². The second-order valence-electron chi connectivity index (χ2n) is 22.0. The van der Waals surface area contributed by atoms with Crippen LogP contribution < -0.4 is 0 Å². The molecule has 0 saturated carbocycles. The Hall–Kier alpha value is -2.89. The van der Waals surface area contributed by atoms with Crippen LogP contribution in [0.2, 0.25) is 0 Å². The molecule has 0 aromatic heterocycles. The Kier molecular flexibility index (Phi) is 61.2. The zero-order valence-corrected chi connectivity index (χ0v) is 50.1. The molecule has 0 aromatic carbocycles. The summed E-state index contributed by atoms with van der Waals surface area (Å²) in [5.41, 5.74) is 0. The molecule has 0 aliphatic heterocycles. The zero-order valence-electron chi connectivity index (χ0n) is 50.1. The number of allylic oxidation sites excluding steroid dienone is 10. The lowest BCUT2D eigenvalue weighted by atomic mass is 10.0. The van der Waals surface area contributed by atoms with Gasteiger partial charge in [0.15, 0.2) is 6.10 Å². The topological polar surface area (TPSA) is 78.9 Å². The number of carbonyl (C=O) groups is 3. The molecule has 0 aromatic rings. The van der Waals surface area contributed by atoms with Gasteiger partial charge in [0, 0.05) is 19.3 Å². The largest absolute Gasteiger partial charge is 0.462 e. The van der Waals surface area contributed by atoms with E-state index in [1.54, 1.807) is 0 Å². The fourth-order valence-electron chi connectivity index (χ4n) is 9.54. The minimum absolute atomic E-state index is 0.0733. The van der Waals surface area contributed by atoms with Gasteiger partial charge in [0.05, 0.1) is 0 Å². The molecule has 0 amide bonds. The highest BCUT2D eigenvalue weighted by atomic mass is 16.6. The van der Waals surface area contributed by atoms with E-state index in [9.17, 15) is 14.4 Å². The van der Waals surface area contributed by atoms with Crippen molar-refractivity contribution in [2.24, 2.45) is 0 Å². The summed E-state index contributed by atoms with van der Waals surface area (Å²) < 4.78 is 16.8. The Bertz CT molecular complexity index is 1340. The lowest BCUT2D eigenvalue weighted by molar-refractivity contribution is -0.167. The van der Waals surface area contributed by atoms with Crippen molar-refractivity contribution in [3.05, 3.63) is 60.8 Å². The smallest absolute Gasteiger partial charge is 0.306 e. The maximum absolute atomic E-state index is 12.8. The zero-order chi connectivity index (χ0) is 54.3. The molecule has 0 N–H and O–H groups in total. The van der Waals surface area contributed by atoms with Crippen LogP contribution in [0.3, 0.4) is 0 Å². The van der Waals surface area contributed by atoms with Crippen LogP contribution in [0.1, 0.15) is 342 Å². The predicted octanol–water partition coefficient (Wildman–Crippen LogP) is 22.3. The predicted molar refractivity (Wildman–Crippen MR) is 325 cm³/mol. The van der Waals surface area contributed by atoms with Crippen molar-refractivity contribution in [1.82, 2.24) is 0 Å². The number of rotatable bonds is 60. The highest BCUT2D eigenvalue weighted by Crippen LogP contribution is 2.17. The highest BCUT2D eigenvalue weighted by Gasteiger charge is 2.19. The molecule has 1 atom stereocenters. The highest BCUT2D eigenvalue weighted by molar-refractivity contribution is 5.71. The molecule has 0 heterocycles. The number of hydrogen-bond acceptors (Lipinski definition) is 6. The molecular formula is C69H124O6. The molecule has 0 bridgehead atoms. The molecule has 0 rings (SSSR count).